The number of hydrogen-bond acceptors (Lipinski definition) is 4. The van der Waals surface area contributed by atoms with Gasteiger partial charge in [0.15, 0.2) is 0 Å². The van der Waals surface area contributed by atoms with Crippen LogP contribution in [-0.4, -0.2) is 48.2 Å². The molecule has 1 aliphatic heterocycles. The summed E-state index contributed by atoms with van der Waals surface area (Å²) in [5, 5.41) is 8.85. The number of carboxylic acid groups (broad SMARTS) is 1. The number of halogens is 1. The highest BCUT2D eigenvalue weighted by Crippen LogP contribution is 2.26. The molecule has 0 saturated carbocycles. The number of benzene rings is 2. The summed E-state index contributed by atoms with van der Waals surface area (Å²) < 4.78 is 42.3. The topological polar surface area (TPSA) is 121 Å². The fourth-order valence-electron chi connectivity index (χ4n) is 2.76. The number of amides is 1. The Balaban J connectivity index is 0.000000208. The van der Waals surface area contributed by atoms with Crippen LogP contribution in [0.2, 0.25) is 0 Å². The molecule has 1 saturated heterocycles. The average Bonchev–Trinajstić information content (AvgIpc) is 2.98. The smallest absolute Gasteiger partial charge is 0.407 e. The number of nitrogens with two attached hydrogens (primary N) is 1. The first-order valence-electron chi connectivity index (χ1n) is 8.11. The van der Waals surface area contributed by atoms with Crippen LogP contribution in [0, 0.1) is 12.7 Å². The van der Waals surface area contributed by atoms with Crippen LogP contribution in [0.1, 0.15) is 17.0 Å². The van der Waals surface area contributed by atoms with Crippen LogP contribution in [0.15, 0.2) is 53.4 Å². The summed E-state index contributed by atoms with van der Waals surface area (Å²) in [5.41, 5.74) is 7.72. The number of carbonyl (C=O) groups is 1. The predicted octanol–water partition coefficient (Wildman–Crippen LogP) is 2.47. The van der Waals surface area contributed by atoms with Crippen molar-refractivity contribution in [2.45, 2.75) is 23.8 Å². The van der Waals surface area contributed by atoms with Crippen molar-refractivity contribution < 1.29 is 27.3 Å². The van der Waals surface area contributed by atoms with E-state index >= 15 is 0 Å². The zero-order valence-corrected chi connectivity index (χ0v) is 15.4. The van der Waals surface area contributed by atoms with Crippen LogP contribution in [0.4, 0.5) is 9.18 Å². The molecule has 1 aliphatic rings. The first kappa shape index (κ1) is 20.8. The SMILES string of the molecule is Cc1ccc(S(=O)(=O)O)cc1.N[C@H]1CN(C(=O)O)C[C@H]1c1ccc(F)cc1. The van der Waals surface area contributed by atoms with Gasteiger partial charge in [0.25, 0.3) is 10.1 Å². The molecule has 9 heteroatoms. The van der Waals surface area contributed by atoms with Gasteiger partial charge in [-0.15, -0.1) is 0 Å². The van der Waals surface area contributed by atoms with Crippen molar-refractivity contribution in [3.63, 3.8) is 0 Å². The second-order valence-electron chi connectivity index (χ2n) is 6.30. The van der Waals surface area contributed by atoms with Crippen LogP contribution >= 0.6 is 0 Å². The first-order valence-corrected chi connectivity index (χ1v) is 9.55. The quantitative estimate of drug-likeness (QED) is 0.671. The minimum absolute atomic E-state index is 0.0447. The van der Waals surface area contributed by atoms with Gasteiger partial charge in [-0.1, -0.05) is 29.8 Å². The van der Waals surface area contributed by atoms with Gasteiger partial charge in [0, 0.05) is 25.0 Å². The van der Waals surface area contributed by atoms with E-state index in [-0.39, 0.29) is 22.7 Å². The van der Waals surface area contributed by atoms with Crippen molar-refractivity contribution in [2.75, 3.05) is 13.1 Å². The van der Waals surface area contributed by atoms with E-state index in [1.807, 2.05) is 6.92 Å². The van der Waals surface area contributed by atoms with Crippen molar-refractivity contribution in [1.29, 1.82) is 0 Å². The van der Waals surface area contributed by atoms with Gasteiger partial charge in [0.05, 0.1) is 4.90 Å². The van der Waals surface area contributed by atoms with Crippen molar-refractivity contribution in [2.24, 2.45) is 5.73 Å². The Morgan fingerprint density at radius 3 is 2.11 bits per heavy atom. The Kier molecular flexibility index (Phi) is 6.53. The van der Waals surface area contributed by atoms with E-state index in [9.17, 15) is 17.6 Å². The van der Waals surface area contributed by atoms with Crippen LogP contribution in [0.25, 0.3) is 0 Å². The molecule has 0 aromatic heterocycles. The monoisotopic (exact) mass is 396 g/mol. The molecule has 0 spiro atoms. The Morgan fingerprint density at radius 1 is 1.11 bits per heavy atom. The second-order valence-corrected chi connectivity index (χ2v) is 7.72. The van der Waals surface area contributed by atoms with E-state index in [1.54, 1.807) is 24.3 Å². The minimum Gasteiger partial charge on any atom is -0.465 e. The van der Waals surface area contributed by atoms with Crippen molar-refractivity contribution >= 4 is 16.2 Å². The number of rotatable bonds is 2. The third-order valence-electron chi connectivity index (χ3n) is 4.25. The summed E-state index contributed by atoms with van der Waals surface area (Å²) in [4.78, 5) is 12.0. The molecular formula is C18H21FN2O5S. The van der Waals surface area contributed by atoms with Crippen LogP contribution in [-0.2, 0) is 10.1 Å². The van der Waals surface area contributed by atoms with Crippen LogP contribution in [0.5, 0.6) is 0 Å². The summed E-state index contributed by atoms with van der Waals surface area (Å²) in [6, 6.07) is 11.8. The number of likely N-dealkylation sites (tertiary alicyclic amines) is 1. The van der Waals surface area contributed by atoms with Gasteiger partial charge in [0.2, 0.25) is 0 Å². The van der Waals surface area contributed by atoms with Crippen LogP contribution < -0.4 is 5.73 Å². The largest absolute Gasteiger partial charge is 0.465 e. The number of hydrogen-bond donors (Lipinski definition) is 3. The molecule has 0 unspecified atom stereocenters. The summed E-state index contributed by atoms with van der Waals surface area (Å²) in [6.45, 7) is 2.55. The van der Waals surface area contributed by atoms with Crippen molar-refractivity contribution in [3.8, 4) is 0 Å². The fraction of sp³-hybridized carbons (Fsp3) is 0.278. The average molecular weight is 396 g/mol. The molecule has 27 heavy (non-hydrogen) atoms. The highest BCUT2D eigenvalue weighted by Gasteiger charge is 2.33. The van der Waals surface area contributed by atoms with Gasteiger partial charge in [0.1, 0.15) is 5.82 Å². The van der Waals surface area contributed by atoms with Gasteiger partial charge in [-0.25, -0.2) is 9.18 Å². The highest BCUT2D eigenvalue weighted by atomic mass is 32.2. The molecule has 1 heterocycles. The van der Waals surface area contributed by atoms with Gasteiger partial charge in [-0.2, -0.15) is 8.42 Å². The third-order valence-corrected chi connectivity index (χ3v) is 5.12. The Morgan fingerprint density at radius 2 is 1.67 bits per heavy atom. The van der Waals surface area contributed by atoms with E-state index in [2.05, 4.69) is 0 Å². The molecule has 2 aromatic rings. The van der Waals surface area contributed by atoms with E-state index in [4.69, 9.17) is 15.4 Å². The van der Waals surface area contributed by atoms with E-state index < -0.39 is 16.2 Å². The fourth-order valence-corrected chi connectivity index (χ4v) is 3.24. The first-order chi connectivity index (χ1) is 12.6. The highest BCUT2D eigenvalue weighted by molar-refractivity contribution is 7.85. The van der Waals surface area contributed by atoms with E-state index in [0.29, 0.717) is 13.1 Å². The van der Waals surface area contributed by atoms with Crippen molar-refractivity contribution in [1.82, 2.24) is 4.90 Å². The van der Waals surface area contributed by atoms with Crippen molar-refractivity contribution in [3.05, 3.63) is 65.5 Å². The maximum atomic E-state index is 12.7. The third kappa shape index (κ3) is 5.75. The summed E-state index contributed by atoms with van der Waals surface area (Å²) in [5.74, 6) is -0.345. The predicted molar refractivity (Wildman–Crippen MR) is 97.7 cm³/mol. The summed E-state index contributed by atoms with van der Waals surface area (Å²) in [6.07, 6.45) is -0.958. The molecular weight excluding hydrogens is 375 g/mol. The molecule has 1 amide bonds. The molecule has 0 aliphatic carbocycles. The summed E-state index contributed by atoms with van der Waals surface area (Å²) >= 11 is 0. The number of aryl methyl sites for hydroxylation is 1. The molecule has 0 radical (unpaired) electrons. The maximum absolute atomic E-state index is 12.7. The molecule has 2 aromatic carbocycles. The van der Waals surface area contributed by atoms with Gasteiger partial charge >= 0.3 is 6.09 Å². The lowest BCUT2D eigenvalue weighted by atomic mass is 9.95. The number of nitrogens with zero attached hydrogens (tertiary/aromatic N) is 1. The molecule has 4 N–H and O–H groups in total. The Labute approximate surface area is 157 Å². The Bertz CT molecular complexity index is 885. The summed E-state index contributed by atoms with van der Waals surface area (Å²) in [7, 11) is -4.02. The maximum Gasteiger partial charge on any atom is 0.407 e. The molecule has 1 fully saturated rings. The zero-order chi connectivity index (χ0) is 20.2. The zero-order valence-electron chi connectivity index (χ0n) is 14.6. The van der Waals surface area contributed by atoms with Gasteiger partial charge in [-0.05, 0) is 36.8 Å². The van der Waals surface area contributed by atoms with E-state index in [1.165, 1.54) is 29.2 Å². The van der Waals surface area contributed by atoms with Gasteiger partial charge in [-0.3, -0.25) is 4.55 Å². The Hall–Kier alpha value is -2.49. The molecule has 146 valence electrons. The molecule has 2 atom stereocenters. The lowest BCUT2D eigenvalue weighted by Gasteiger charge is -2.14. The second kappa shape index (κ2) is 8.47. The molecule has 7 nitrogen and oxygen atoms in total. The van der Waals surface area contributed by atoms with E-state index in [0.717, 1.165) is 11.1 Å². The normalized spacial score (nSPS) is 19.3. The lowest BCUT2D eigenvalue weighted by molar-refractivity contribution is 0.154. The van der Waals surface area contributed by atoms with Crippen LogP contribution in [0.3, 0.4) is 0 Å². The lowest BCUT2D eigenvalue weighted by Crippen LogP contribution is -2.31. The molecule has 0 bridgehead atoms. The molecule has 3 rings (SSSR count). The minimum atomic E-state index is -4.02. The standard InChI is InChI=1S/C11H13FN2O2.C7H8O3S/c12-8-3-1-7(2-4-8)9-5-14(11(15)16)6-10(9)13;1-6-2-4-7(5-3-6)11(8,9)10/h1-4,9-10H,5-6,13H2,(H,15,16);2-5H,1H3,(H,8,9,10)/t9-,10-;/m0./s1. The van der Waals surface area contributed by atoms with Gasteiger partial charge < -0.3 is 15.7 Å².